The quantitative estimate of drug-likeness (QED) is 0.607. The minimum Gasteiger partial charge on any atom is -0.346 e. The highest BCUT2D eigenvalue weighted by atomic mass is 79.9. The number of hydrogen-bond acceptors (Lipinski definition) is 4. The lowest BCUT2D eigenvalue weighted by Crippen LogP contribution is -2.36. The van der Waals surface area contributed by atoms with Crippen molar-refractivity contribution in [2.75, 3.05) is 23.7 Å². The van der Waals surface area contributed by atoms with Crippen molar-refractivity contribution in [2.24, 2.45) is 5.73 Å². The molecule has 0 bridgehead atoms. The van der Waals surface area contributed by atoms with Gasteiger partial charge in [-0.1, -0.05) is 15.9 Å². The number of amides is 3. The van der Waals surface area contributed by atoms with Gasteiger partial charge in [0.05, 0.1) is 24.5 Å². The number of carbonyl (C=O) groups is 3. The van der Waals surface area contributed by atoms with Gasteiger partial charge < -0.3 is 21.7 Å². The lowest BCUT2D eigenvalue weighted by atomic mass is 10.2. The van der Waals surface area contributed by atoms with Gasteiger partial charge in [-0.2, -0.15) is 0 Å². The van der Waals surface area contributed by atoms with Crippen molar-refractivity contribution in [1.82, 2.24) is 5.32 Å². The third-order valence-electron chi connectivity index (χ3n) is 2.20. The van der Waals surface area contributed by atoms with E-state index in [4.69, 9.17) is 5.73 Å². The number of nitrogens with one attached hydrogen (secondary N) is 3. The van der Waals surface area contributed by atoms with Crippen LogP contribution in [-0.2, 0) is 14.4 Å². The van der Waals surface area contributed by atoms with Crippen molar-refractivity contribution >= 4 is 57.4 Å². The number of rotatable bonds is 5. The first kappa shape index (κ1) is 19.4. The maximum atomic E-state index is 11.7. The Morgan fingerprint density at radius 1 is 1.14 bits per heavy atom. The van der Waals surface area contributed by atoms with Crippen molar-refractivity contribution in [3.8, 4) is 0 Å². The first-order valence-corrected chi connectivity index (χ1v) is 6.55. The standard InChI is InChI=1S/C12H15BrN4O3.ClH/c1-7(18)16-9-3-2-8(13)4-10(9)17-12(20)6-15-11(19)5-14;/h2-4H,5-6,14H2,1H3,(H,15,19)(H,16,18)(H,17,20);1H. The van der Waals surface area contributed by atoms with E-state index in [0.29, 0.717) is 11.4 Å². The minimum absolute atomic E-state index is 0. The summed E-state index contributed by atoms with van der Waals surface area (Å²) in [5, 5.41) is 7.55. The van der Waals surface area contributed by atoms with E-state index in [9.17, 15) is 14.4 Å². The number of hydrogen-bond donors (Lipinski definition) is 4. The Morgan fingerprint density at radius 3 is 2.38 bits per heavy atom. The molecule has 0 fully saturated rings. The molecule has 1 aromatic carbocycles. The van der Waals surface area contributed by atoms with E-state index in [1.807, 2.05) is 0 Å². The van der Waals surface area contributed by atoms with Crippen LogP contribution >= 0.6 is 28.3 Å². The van der Waals surface area contributed by atoms with Gasteiger partial charge in [-0.05, 0) is 18.2 Å². The topological polar surface area (TPSA) is 113 Å². The summed E-state index contributed by atoms with van der Waals surface area (Å²) in [6.07, 6.45) is 0. The molecule has 116 valence electrons. The molecule has 0 unspecified atom stereocenters. The molecule has 0 saturated carbocycles. The number of nitrogens with two attached hydrogens (primary N) is 1. The summed E-state index contributed by atoms with van der Waals surface area (Å²) in [4.78, 5) is 33.7. The van der Waals surface area contributed by atoms with Crippen LogP contribution in [0.1, 0.15) is 6.92 Å². The van der Waals surface area contributed by atoms with Gasteiger partial charge in [0.1, 0.15) is 0 Å². The molecule has 0 aliphatic carbocycles. The van der Waals surface area contributed by atoms with Gasteiger partial charge in [0.15, 0.2) is 0 Å². The summed E-state index contributed by atoms with van der Waals surface area (Å²) >= 11 is 3.28. The Hall–Kier alpha value is -1.64. The average Bonchev–Trinajstić information content (AvgIpc) is 2.38. The number of benzene rings is 1. The van der Waals surface area contributed by atoms with Gasteiger partial charge in [-0.3, -0.25) is 14.4 Å². The van der Waals surface area contributed by atoms with Crippen molar-refractivity contribution in [3.05, 3.63) is 22.7 Å². The average molecular weight is 380 g/mol. The van der Waals surface area contributed by atoms with E-state index in [0.717, 1.165) is 4.47 Å². The first-order chi connectivity index (χ1) is 9.42. The van der Waals surface area contributed by atoms with Gasteiger partial charge in [-0.15, -0.1) is 12.4 Å². The van der Waals surface area contributed by atoms with Gasteiger partial charge in [0, 0.05) is 11.4 Å². The molecule has 0 saturated heterocycles. The van der Waals surface area contributed by atoms with E-state index >= 15 is 0 Å². The Bertz CT molecular complexity index is 539. The van der Waals surface area contributed by atoms with E-state index in [1.165, 1.54) is 6.92 Å². The molecule has 7 nitrogen and oxygen atoms in total. The number of halogens is 2. The molecule has 3 amide bonds. The monoisotopic (exact) mass is 378 g/mol. The van der Waals surface area contributed by atoms with E-state index in [2.05, 4.69) is 31.9 Å². The molecule has 0 atom stereocenters. The molecule has 0 aromatic heterocycles. The number of anilines is 2. The van der Waals surface area contributed by atoms with Gasteiger partial charge >= 0.3 is 0 Å². The van der Waals surface area contributed by atoms with Crippen LogP contribution in [0.2, 0.25) is 0 Å². The third-order valence-corrected chi connectivity index (χ3v) is 2.69. The first-order valence-electron chi connectivity index (χ1n) is 5.76. The molecule has 21 heavy (non-hydrogen) atoms. The molecular formula is C12H16BrClN4O3. The van der Waals surface area contributed by atoms with E-state index in [-0.39, 0.29) is 31.4 Å². The SMILES string of the molecule is CC(=O)Nc1ccc(Br)cc1NC(=O)CNC(=O)CN.Cl. The third kappa shape index (κ3) is 7.07. The zero-order valence-corrected chi connectivity index (χ0v) is 13.6. The highest BCUT2D eigenvalue weighted by Crippen LogP contribution is 2.25. The highest BCUT2D eigenvalue weighted by Gasteiger charge is 2.09. The molecule has 0 spiro atoms. The Morgan fingerprint density at radius 2 is 1.81 bits per heavy atom. The van der Waals surface area contributed by atoms with Crippen LogP contribution < -0.4 is 21.7 Å². The van der Waals surface area contributed by atoms with E-state index in [1.54, 1.807) is 18.2 Å². The molecule has 0 aliphatic rings. The molecule has 0 aliphatic heterocycles. The normalized spacial score (nSPS) is 9.29. The van der Waals surface area contributed by atoms with Crippen LogP contribution in [-0.4, -0.2) is 30.8 Å². The molecular weight excluding hydrogens is 364 g/mol. The maximum Gasteiger partial charge on any atom is 0.243 e. The zero-order valence-electron chi connectivity index (χ0n) is 11.2. The van der Waals surface area contributed by atoms with Crippen molar-refractivity contribution in [2.45, 2.75) is 6.92 Å². The molecule has 0 heterocycles. The zero-order chi connectivity index (χ0) is 15.1. The molecule has 5 N–H and O–H groups in total. The molecule has 0 radical (unpaired) electrons. The fraction of sp³-hybridized carbons (Fsp3) is 0.250. The van der Waals surface area contributed by atoms with Gasteiger partial charge in [-0.25, -0.2) is 0 Å². The van der Waals surface area contributed by atoms with Crippen LogP contribution in [0.5, 0.6) is 0 Å². The Kier molecular flexibility index (Phi) is 8.60. The summed E-state index contributed by atoms with van der Waals surface area (Å²) in [5.41, 5.74) is 6.02. The maximum absolute atomic E-state index is 11.7. The summed E-state index contributed by atoms with van der Waals surface area (Å²) in [7, 11) is 0. The van der Waals surface area contributed by atoms with Crippen molar-refractivity contribution in [1.29, 1.82) is 0 Å². The Balaban J connectivity index is 0.00000400. The van der Waals surface area contributed by atoms with E-state index < -0.39 is 11.8 Å². The summed E-state index contributed by atoms with van der Waals surface area (Å²) in [6.45, 7) is 0.998. The van der Waals surface area contributed by atoms with Crippen LogP contribution in [0.25, 0.3) is 0 Å². The van der Waals surface area contributed by atoms with Crippen LogP contribution in [0, 0.1) is 0 Å². The predicted octanol–water partition coefficient (Wildman–Crippen LogP) is 0.843. The Labute approximate surface area is 136 Å². The van der Waals surface area contributed by atoms with Crippen molar-refractivity contribution in [3.63, 3.8) is 0 Å². The second-order valence-electron chi connectivity index (χ2n) is 3.90. The lowest BCUT2D eigenvalue weighted by Gasteiger charge is -2.12. The second kappa shape index (κ2) is 9.32. The summed E-state index contributed by atoms with van der Waals surface area (Å²) in [5.74, 6) is -1.09. The molecule has 1 aromatic rings. The smallest absolute Gasteiger partial charge is 0.243 e. The van der Waals surface area contributed by atoms with Gasteiger partial charge in [0.25, 0.3) is 0 Å². The largest absolute Gasteiger partial charge is 0.346 e. The predicted molar refractivity (Wildman–Crippen MR) is 86.4 cm³/mol. The molecule has 9 heteroatoms. The number of carbonyl (C=O) groups excluding carboxylic acids is 3. The van der Waals surface area contributed by atoms with Crippen LogP contribution in [0.4, 0.5) is 11.4 Å². The summed E-state index contributed by atoms with van der Waals surface area (Å²) < 4.78 is 0.743. The fourth-order valence-corrected chi connectivity index (χ4v) is 1.73. The van der Waals surface area contributed by atoms with Crippen LogP contribution in [0.15, 0.2) is 22.7 Å². The highest BCUT2D eigenvalue weighted by molar-refractivity contribution is 9.10. The summed E-state index contributed by atoms with van der Waals surface area (Å²) in [6, 6.07) is 5.03. The van der Waals surface area contributed by atoms with Gasteiger partial charge in [0.2, 0.25) is 17.7 Å². The van der Waals surface area contributed by atoms with Crippen molar-refractivity contribution < 1.29 is 14.4 Å². The molecule has 1 rings (SSSR count). The minimum atomic E-state index is -0.420. The fourth-order valence-electron chi connectivity index (χ4n) is 1.36. The van der Waals surface area contributed by atoms with Crippen LogP contribution in [0.3, 0.4) is 0 Å². The lowest BCUT2D eigenvalue weighted by molar-refractivity contribution is -0.123. The second-order valence-corrected chi connectivity index (χ2v) is 4.82.